The molecule has 6 nitrogen and oxygen atoms in total. The van der Waals surface area contributed by atoms with Crippen molar-refractivity contribution in [2.24, 2.45) is 0 Å². The Morgan fingerprint density at radius 3 is 2.45 bits per heavy atom. The molecule has 31 heavy (non-hydrogen) atoms. The molecule has 0 atom stereocenters. The molecule has 164 valence electrons. The summed E-state index contributed by atoms with van der Waals surface area (Å²) in [6, 6.07) is 13.5. The van der Waals surface area contributed by atoms with Crippen molar-refractivity contribution in [2.75, 3.05) is 45.8 Å². The molecule has 2 aromatic rings. The number of likely N-dealkylation sites (N-methyl/N-ethyl adjacent to an activating group) is 1. The van der Waals surface area contributed by atoms with Crippen LogP contribution in [0.2, 0.25) is 0 Å². The highest BCUT2D eigenvalue weighted by molar-refractivity contribution is 6.07. The molecule has 0 aromatic heterocycles. The van der Waals surface area contributed by atoms with Gasteiger partial charge in [-0.1, -0.05) is 18.2 Å². The lowest BCUT2D eigenvalue weighted by Crippen LogP contribution is -2.48. The summed E-state index contributed by atoms with van der Waals surface area (Å²) in [5.41, 5.74) is 2.48. The summed E-state index contributed by atoms with van der Waals surface area (Å²) < 4.78 is 10.5. The average Bonchev–Trinajstić information content (AvgIpc) is 3.02. The zero-order valence-corrected chi connectivity index (χ0v) is 18.5. The highest BCUT2D eigenvalue weighted by Gasteiger charge is 2.50. The van der Waals surface area contributed by atoms with Gasteiger partial charge in [0, 0.05) is 24.7 Å². The van der Waals surface area contributed by atoms with E-state index in [4.69, 9.17) is 9.47 Å². The molecule has 0 unspecified atom stereocenters. The first-order valence-electron chi connectivity index (χ1n) is 10.9. The average molecular weight is 423 g/mol. The molecule has 0 radical (unpaired) electrons. The van der Waals surface area contributed by atoms with Crippen molar-refractivity contribution in [3.05, 3.63) is 53.6 Å². The van der Waals surface area contributed by atoms with E-state index < -0.39 is 0 Å². The number of likely N-dealkylation sites (tertiary alicyclic amines) is 1. The number of anilines is 1. The Balaban J connectivity index is 1.31. The molecule has 4 rings (SSSR count). The summed E-state index contributed by atoms with van der Waals surface area (Å²) in [7, 11) is 5.03. The molecule has 6 heteroatoms. The van der Waals surface area contributed by atoms with E-state index in [0.717, 1.165) is 44.6 Å². The molecule has 1 saturated heterocycles. The summed E-state index contributed by atoms with van der Waals surface area (Å²) in [6.07, 6.45) is 2.94. The van der Waals surface area contributed by atoms with Gasteiger partial charge in [0.1, 0.15) is 0 Å². The molecule has 0 saturated carbocycles. The van der Waals surface area contributed by atoms with Crippen molar-refractivity contribution in [3.8, 4) is 11.5 Å². The number of fused-ring (bicyclic) bond motifs is 2. The van der Waals surface area contributed by atoms with Crippen LogP contribution in [0, 0.1) is 0 Å². The molecule has 1 amide bonds. The van der Waals surface area contributed by atoms with Gasteiger partial charge in [0.2, 0.25) is 5.91 Å². The molecule has 1 fully saturated rings. The number of nitrogens with zero attached hydrogens (tertiary/aromatic N) is 2. The van der Waals surface area contributed by atoms with Gasteiger partial charge in [-0.05, 0) is 68.7 Å². The summed E-state index contributed by atoms with van der Waals surface area (Å²) in [5.74, 6) is 1.52. The van der Waals surface area contributed by atoms with Crippen LogP contribution in [0.25, 0.3) is 0 Å². The molecule has 2 aliphatic heterocycles. The van der Waals surface area contributed by atoms with Gasteiger partial charge >= 0.3 is 0 Å². The van der Waals surface area contributed by atoms with Crippen LogP contribution in [0.5, 0.6) is 11.5 Å². The van der Waals surface area contributed by atoms with Crippen LogP contribution in [0.3, 0.4) is 0 Å². The number of hydrogen-bond donors (Lipinski definition) is 0. The van der Waals surface area contributed by atoms with Gasteiger partial charge in [-0.2, -0.15) is 0 Å². The number of Topliss-reactive ketones (excluding diaryl/α,β-unsaturated/α-hetero) is 1. The number of methoxy groups -OCH3 is 2. The van der Waals surface area contributed by atoms with Gasteiger partial charge in [-0.3, -0.25) is 9.59 Å². The van der Waals surface area contributed by atoms with Crippen LogP contribution in [0.15, 0.2) is 42.5 Å². The number of amides is 1. The normalized spacial score (nSPS) is 17.6. The second-order valence-corrected chi connectivity index (χ2v) is 8.40. The van der Waals surface area contributed by atoms with Gasteiger partial charge in [0.25, 0.3) is 0 Å². The number of carbonyl (C=O) groups excluding carboxylic acids is 2. The molecule has 2 aromatic carbocycles. The fraction of sp³-hybridized carbons (Fsp3) is 0.440. The minimum atomic E-state index is -0.378. The minimum Gasteiger partial charge on any atom is -0.493 e. The van der Waals surface area contributed by atoms with Crippen molar-refractivity contribution in [1.82, 2.24) is 4.90 Å². The standard InChI is InChI=1S/C25H30N2O4/c1-26-20-8-5-4-7-19(20)25(24(26)29)12-15-27(16-13-25)14-6-9-21(28)18-10-11-22(30-2)23(17-18)31-3/h4-5,7-8,10-11,17H,6,9,12-16H2,1-3H3. The number of piperidine rings is 1. The fourth-order valence-electron chi connectivity index (χ4n) is 4.98. The summed E-state index contributed by atoms with van der Waals surface area (Å²) in [5, 5.41) is 0. The highest BCUT2D eigenvalue weighted by Crippen LogP contribution is 2.47. The first-order chi connectivity index (χ1) is 15.0. The van der Waals surface area contributed by atoms with E-state index in [-0.39, 0.29) is 17.1 Å². The molecular formula is C25H30N2O4. The number of ether oxygens (including phenoxy) is 2. The smallest absolute Gasteiger partial charge is 0.237 e. The quantitative estimate of drug-likeness (QED) is 0.637. The lowest BCUT2D eigenvalue weighted by atomic mass is 9.73. The molecular weight excluding hydrogens is 392 g/mol. The van der Waals surface area contributed by atoms with E-state index in [0.29, 0.717) is 23.5 Å². The van der Waals surface area contributed by atoms with Gasteiger partial charge in [-0.25, -0.2) is 0 Å². The molecule has 0 N–H and O–H groups in total. The SMILES string of the molecule is COc1ccc(C(=O)CCCN2CCC3(CC2)C(=O)N(C)c2ccccc23)cc1OC. The van der Waals surface area contributed by atoms with E-state index in [1.54, 1.807) is 32.4 Å². The van der Waals surface area contributed by atoms with Crippen molar-refractivity contribution in [1.29, 1.82) is 0 Å². The van der Waals surface area contributed by atoms with Crippen molar-refractivity contribution in [3.63, 3.8) is 0 Å². The second-order valence-electron chi connectivity index (χ2n) is 8.40. The summed E-state index contributed by atoms with van der Waals surface area (Å²) in [4.78, 5) is 29.8. The molecule has 2 heterocycles. The van der Waals surface area contributed by atoms with E-state index in [1.807, 2.05) is 30.1 Å². The number of para-hydroxylation sites is 1. The Kier molecular flexibility index (Phi) is 6.01. The first kappa shape index (κ1) is 21.4. The Labute approximate surface area is 183 Å². The molecule has 1 spiro atoms. The monoisotopic (exact) mass is 422 g/mol. The number of hydrogen-bond acceptors (Lipinski definition) is 5. The van der Waals surface area contributed by atoms with E-state index in [9.17, 15) is 9.59 Å². The Hall–Kier alpha value is -2.86. The number of ketones is 1. The summed E-state index contributed by atoms with van der Waals surface area (Å²) in [6.45, 7) is 2.61. The van der Waals surface area contributed by atoms with Crippen LogP contribution in [-0.4, -0.2) is 57.5 Å². The van der Waals surface area contributed by atoms with Crippen LogP contribution in [-0.2, 0) is 10.2 Å². The van der Waals surface area contributed by atoms with Gasteiger partial charge < -0.3 is 19.3 Å². The van der Waals surface area contributed by atoms with Crippen molar-refractivity contribution >= 4 is 17.4 Å². The Bertz CT molecular complexity index is 979. The fourth-order valence-corrected chi connectivity index (χ4v) is 4.98. The van der Waals surface area contributed by atoms with Crippen LogP contribution in [0.4, 0.5) is 5.69 Å². The Morgan fingerprint density at radius 2 is 1.74 bits per heavy atom. The first-order valence-corrected chi connectivity index (χ1v) is 10.9. The number of benzene rings is 2. The van der Waals surface area contributed by atoms with Crippen LogP contribution in [0.1, 0.15) is 41.6 Å². The zero-order chi connectivity index (χ0) is 22.0. The number of carbonyl (C=O) groups is 2. The van der Waals surface area contributed by atoms with Crippen molar-refractivity contribution < 1.29 is 19.1 Å². The Morgan fingerprint density at radius 1 is 1.03 bits per heavy atom. The predicted octanol–water partition coefficient (Wildman–Crippen LogP) is 3.68. The minimum absolute atomic E-state index is 0.107. The zero-order valence-electron chi connectivity index (χ0n) is 18.5. The maximum absolute atomic E-state index is 13.0. The lowest BCUT2D eigenvalue weighted by molar-refractivity contribution is -0.124. The number of rotatable bonds is 7. The van der Waals surface area contributed by atoms with Gasteiger partial charge in [0.15, 0.2) is 17.3 Å². The van der Waals surface area contributed by atoms with E-state index in [1.165, 1.54) is 5.56 Å². The second kappa shape index (κ2) is 8.71. The third-order valence-corrected chi connectivity index (χ3v) is 6.79. The third-order valence-electron chi connectivity index (χ3n) is 6.79. The molecule has 0 aliphatic carbocycles. The lowest BCUT2D eigenvalue weighted by Gasteiger charge is -2.38. The maximum atomic E-state index is 13.0. The topological polar surface area (TPSA) is 59.1 Å². The summed E-state index contributed by atoms with van der Waals surface area (Å²) >= 11 is 0. The highest BCUT2D eigenvalue weighted by atomic mass is 16.5. The predicted molar refractivity (Wildman–Crippen MR) is 120 cm³/mol. The van der Waals surface area contributed by atoms with E-state index in [2.05, 4.69) is 11.0 Å². The molecule has 2 aliphatic rings. The van der Waals surface area contributed by atoms with Crippen molar-refractivity contribution in [2.45, 2.75) is 31.1 Å². The van der Waals surface area contributed by atoms with Crippen LogP contribution >= 0.6 is 0 Å². The third kappa shape index (κ3) is 3.81. The van der Waals surface area contributed by atoms with Gasteiger partial charge in [-0.15, -0.1) is 0 Å². The van der Waals surface area contributed by atoms with Gasteiger partial charge in [0.05, 0.1) is 19.6 Å². The van der Waals surface area contributed by atoms with Crippen LogP contribution < -0.4 is 14.4 Å². The largest absolute Gasteiger partial charge is 0.493 e. The maximum Gasteiger partial charge on any atom is 0.237 e. The van der Waals surface area contributed by atoms with E-state index >= 15 is 0 Å². The molecule has 0 bridgehead atoms.